The van der Waals surface area contributed by atoms with Crippen molar-refractivity contribution in [1.82, 2.24) is 4.90 Å². The van der Waals surface area contributed by atoms with Crippen molar-refractivity contribution in [2.24, 2.45) is 5.73 Å². The predicted octanol–water partition coefficient (Wildman–Crippen LogP) is 2.09. The highest BCUT2D eigenvalue weighted by molar-refractivity contribution is 7.99. The molecule has 1 saturated heterocycles. The third kappa shape index (κ3) is 3.96. The summed E-state index contributed by atoms with van der Waals surface area (Å²) in [4.78, 5) is 14.9. The summed E-state index contributed by atoms with van der Waals surface area (Å²) >= 11 is 6.96. The summed E-state index contributed by atoms with van der Waals surface area (Å²) in [6, 6.07) is 7.65. The second-order valence-corrected chi connectivity index (χ2v) is 6.85. The van der Waals surface area contributed by atoms with Gasteiger partial charge < -0.3 is 11.1 Å². The first kappa shape index (κ1) is 16.3. The van der Waals surface area contributed by atoms with Crippen molar-refractivity contribution in [1.29, 1.82) is 0 Å². The number of carbonyl (C=O) groups excluding carboxylic acids is 1. The van der Waals surface area contributed by atoms with Gasteiger partial charge in [-0.05, 0) is 38.3 Å². The molecule has 0 saturated carbocycles. The number of amides is 1. The van der Waals surface area contributed by atoms with E-state index in [9.17, 15) is 4.79 Å². The first-order chi connectivity index (χ1) is 10.0. The number of nitrogens with one attached hydrogen (secondary N) is 1. The van der Waals surface area contributed by atoms with Crippen LogP contribution in [0.1, 0.15) is 18.9 Å². The Kier molecular flexibility index (Phi) is 5.61. The molecule has 2 unspecified atom stereocenters. The summed E-state index contributed by atoms with van der Waals surface area (Å²) in [6.45, 7) is 1.93. The molecule has 0 bridgehead atoms. The van der Waals surface area contributed by atoms with E-state index in [1.807, 2.05) is 50.0 Å². The number of rotatable bonds is 5. The normalized spacial score (nSPS) is 19.5. The minimum Gasteiger partial charge on any atom is -0.389 e. The van der Waals surface area contributed by atoms with Crippen molar-refractivity contribution in [3.63, 3.8) is 0 Å². The lowest BCUT2D eigenvalue weighted by Gasteiger charge is -2.29. The van der Waals surface area contributed by atoms with Crippen LogP contribution in [0.25, 0.3) is 0 Å². The Labute approximate surface area is 135 Å². The van der Waals surface area contributed by atoms with Crippen molar-refractivity contribution in [2.45, 2.75) is 25.4 Å². The van der Waals surface area contributed by atoms with Crippen molar-refractivity contribution in [3.05, 3.63) is 29.8 Å². The second-order valence-electron chi connectivity index (χ2n) is 5.26. The molecule has 2 atom stereocenters. The van der Waals surface area contributed by atoms with Gasteiger partial charge in [-0.15, -0.1) is 0 Å². The van der Waals surface area contributed by atoms with Crippen LogP contribution in [-0.4, -0.2) is 46.4 Å². The van der Waals surface area contributed by atoms with E-state index in [0.717, 1.165) is 12.2 Å². The Morgan fingerprint density at radius 2 is 2.24 bits per heavy atom. The van der Waals surface area contributed by atoms with Crippen LogP contribution >= 0.6 is 24.0 Å². The van der Waals surface area contributed by atoms with E-state index in [2.05, 4.69) is 10.2 Å². The lowest BCUT2D eigenvalue weighted by atomic mass is 10.1. The molecule has 1 aromatic carbocycles. The molecule has 1 heterocycles. The molecular weight excluding hydrogens is 302 g/mol. The van der Waals surface area contributed by atoms with E-state index in [0.29, 0.717) is 22.3 Å². The number of nitrogens with zero attached hydrogens (tertiary/aromatic N) is 1. The highest BCUT2D eigenvalue weighted by Crippen LogP contribution is 2.23. The number of benzene rings is 1. The average Bonchev–Trinajstić information content (AvgIpc) is 3.00. The van der Waals surface area contributed by atoms with Gasteiger partial charge >= 0.3 is 0 Å². The Morgan fingerprint density at radius 1 is 1.52 bits per heavy atom. The number of likely N-dealkylation sites (N-methyl/N-ethyl adjacent to an activating group) is 1. The third-order valence-corrected chi connectivity index (χ3v) is 5.29. The lowest BCUT2D eigenvalue weighted by molar-refractivity contribution is -0.120. The third-order valence-electron chi connectivity index (χ3n) is 3.92. The lowest BCUT2D eigenvalue weighted by Crippen LogP contribution is -2.45. The minimum absolute atomic E-state index is 0.0295. The first-order valence-corrected chi connectivity index (χ1v) is 8.56. The largest absolute Gasteiger partial charge is 0.389 e. The molecular formula is C15H21N3OS2. The average molecular weight is 323 g/mol. The van der Waals surface area contributed by atoms with E-state index in [1.165, 1.54) is 5.75 Å². The first-order valence-electron chi connectivity index (χ1n) is 7.00. The molecule has 1 aliphatic rings. The van der Waals surface area contributed by atoms with Crippen LogP contribution in [0.5, 0.6) is 0 Å². The number of thiocarbonyl (C=S) groups is 1. The van der Waals surface area contributed by atoms with E-state index in [4.69, 9.17) is 18.0 Å². The second kappa shape index (κ2) is 7.24. The maximum absolute atomic E-state index is 12.4. The Morgan fingerprint density at radius 3 is 2.86 bits per heavy atom. The molecule has 4 nitrogen and oxygen atoms in total. The van der Waals surface area contributed by atoms with Crippen molar-refractivity contribution < 1.29 is 4.79 Å². The molecule has 1 aromatic rings. The number of thioether (sulfide) groups is 1. The van der Waals surface area contributed by atoms with Gasteiger partial charge in [-0.3, -0.25) is 9.69 Å². The molecule has 1 amide bonds. The molecule has 6 heteroatoms. The van der Waals surface area contributed by atoms with Crippen LogP contribution in [0.3, 0.4) is 0 Å². The monoisotopic (exact) mass is 323 g/mol. The maximum Gasteiger partial charge on any atom is 0.241 e. The van der Waals surface area contributed by atoms with E-state index >= 15 is 0 Å². The zero-order valence-corrected chi connectivity index (χ0v) is 14.0. The van der Waals surface area contributed by atoms with E-state index < -0.39 is 0 Å². The summed E-state index contributed by atoms with van der Waals surface area (Å²) in [7, 11) is 2.01. The van der Waals surface area contributed by atoms with Gasteiger partial charge in [0, 0.05) is 17.4 Å². The standard InChI is InChI=1S/C15H21N3OS2/c1-10(18(2)11-7-8-21-9-11)15(19)17-13-6-4-3-5-12(13)14(16)20/h3-6,10-11H,7-9H2,1-2H3,(H2,16,20)(H,17,19). The summed E-state index contributed by atoms with van der Waals surface area (Å²) in [6.07, 6.45) is 1.14. The molecule has 0 aromatic heterocycles. The van der Waals surface area contributed by atoms with Crippen LogP contribution in [0.4, 0.5) is 5.69 Å². The predicted molar refractivity (Wildman–Crippen MR) is 93.9 cm³/mol. The van der Waals surface area contributed by atoms with Crippen LogP contribution in [0, 0.1) is 0 Å². The minimum atomic E-state index is -0.187. The number of hydrogen-bond acceptors (Lipinski definition) is 4. The van der Waals surface area contributed by atoms with Crippen molar-refractivity contribution in [2.75, 3.05) is 23.9 Å². The van der Waals surface area contributed by atoms with Gasteiger partial charge in [-0.2, -0.15) is 11.8 Å². The maximum atomic E-state index is 12.4. The number of hydrogen-bond donors (Lipinski definition) is 2. The molecule has 2 rings (SSSR count). The highest BCUT2D eigenvalue weighted by Gasteiger charge is 2.27. The van der Waals surface area contributed by atoms with Gasteiger partial charge in [-0.1, -0.05) is 24.4 Å². The van der Waals surface area contributed by atoms with Crippen LogP contribution in [-0.2, 0) is 4.79 Å². The van der Waals surface area contributed by atoms with Gasteiger partial charge in [0.25, 0.3) is 0 Å². The number of anilines is 1. The summed E-state index contributed by atoms with van der Waals surface area (Å²) in [5.74, 6) is 2.24. The molecule has 0 radical (unpaired) electrons. The summed E-state index contributed by atoms with van der Waals surface area (Å²) in [5, 5.41) is 2.94. The fourth-order valence-electron chi connectivity index (χ4n) is 2.39. The molecule has 0 spiro atoms. The fraction of sp³-hybridized carbons (Fsp3) is 0.467. The summed E-state index contributed by atoms with van der Waals surface area (Å²) < 4.78 is 0. The number of para-hydroxylation sites is 1. The molecule has 1 fully saturated rings. The Hall–Kier alpha value is -1.11. The molecule has 1 aliphatic heterocycles. The quantitative estimate of drug-likeness (QED) is 0.813. The van der Waals surface area contributed by atoms with E-state index in [1.54, 1.807) is 0 Å². The number of nitrogens with two attached hydrogens (primary N) is 1. The number of carbonyl (C=O) groups is 1. The Balaban J connectivity index is 2.05. The Bertz CT molecular complexity index is 529. The van der Waals surface area contributed by atoms with Crippen LogP contribution < -0.4 is 11.1 Å². The smallest absolute Gasteiger partial charge is 0.241 e. The SMILES string of the molecule is CC(C(=O)Nc1ccccc1C(N)=S)N(C)C1CCSC1. The highest BCUT2D eigenvalue weighted by atomic mass is 32.2. The van der Waals surface area contributed by atoms with Crippen molar-refractivity contribution >= 4 is 40.6 Å². The van der Waals surface area contributed by atoms with E-state index in [-0.39, 0.29) is 11.9 Å². The van der Waals surface area contributed by atoms with Crippen LogP contribution in [0.15, 0.2) is 24.3 Å². The fourth-order valence-corrected chi connectivity index (χ4v) is 3.85. The van der Waals surface area contributed by atoms with Gasteiger partial charge in [0.05, 0.1) is 11.7 Å². The van der Waals surface area contributed by atoms with Gasteiger partial charge in [0.2, 0.25) is 5.91 Å². The van der Waals surface area contributed by atoms with Gasteiger partial charge in [-0.25, -0.2) is 0 Å². The summed E-state index contributed by atoms with van der Waals surface area (Å²) in [5.41, 5.74) is 7.07. The molecule has 114 valence electrons. The van der Waals surface area contributed by atoms with Gasteiger partial charge in [0.15, 0.2) is 0 Å². The van der Waals surface area contributed by atoms with Gasteiger partial charge in [0.1, 0.15) is 4.99 Å². The zero-order valence-electron chi connectivity index (χ0n) is 12.3. The van der Waals surface area contributed by atoms with Crippen LogP contribution in [0.2, 0.25) is 0 Å². The molecule has 0 aliphatic carbocycles. The van der Waals surface area contributed by atoms with Crippen molar-refractivity contribution in [3.8, 4) is 0 Å². The molecule has 21 heavy (non-hydrogen) atoms. The topological polar surface area (TPSA) is 58.4 Å². The molecule has 3 N–H and O–H groups in total. The zero-order chi connectivity index (χ0) is 15.4.